The molecule has 4 N–H and O–H groups in total. The van der Waals surface area contributed by atoms with Crippen molar-refractivity contribution in [3.63, 3.8) is 0 Å². The SMILES string of the molecule is Cc1cc(F)ccc1Nc1cc2[nH]ncc2cc1N. The molecule has 3 aromatic rings. The highest BCUT2D eigenvalue weighted by Crippen LogP contribution is 2.29. The van der Waals surface area contributed by atoms with E-state index in [1.807, 2.05) is 19.1 Å². The van der Waals surface area contributed by atoms with Crippen molar-refractivity contribution in [2.24, 2.45) is 0 Å². The number of fused-ring (bicyclic) bond motifs is 1. The van der Waals surface area contributed by atoms with E-state index in [0.29, 0.717) is 5.69 Å². The Morgan fingerprint density at radius 1 is 1.21 bits per heavy atom. The van der Waals surface area contributed by atoms with Gasteiger partial charge in [0, 0.05) is 11.1 Å². The second-order valence-corrected chi connectivity index (χ2v) is 4.48. The van der Waals surface area contributed by atoms with Crippen molar-refractivity contribution in [2.75, 3.05) is 11.1 Å². The van der Waals surface area contributed by atoms with Gasteiger partial charge in [-0.2, -0.15) is 5.10 Å². The van der Waals surface area contributed by atoms with Crippen molar-refractivity contribution in [1.82, 2.24) is 10.2 Å². The van der Waals surface area contributed by atoms with Gasteiger partial charge in [0.2, 0.25) is 0 Å². The van der Waals surface area contributed by atoms with Gasteiger partial charge in [-0.05, 0) is 42.8 Å². The molecule has 0 aliphatic heterocycles. The van der Waals surface area contributed by atoms with E-state index in [-0.39, 0.29) is 5.82 Å². The zero-order valence-corrected chi connectivity index (χ0v) is 10.4. The summed E-state index contributed by atoms with van der Waals surface area (Å²) in [7, 11) is 0. The molecule has 4 nitrogen and oxygen atoms in total. The molecule has 0 aliphatic carbocycles. The van der Waals surface area contributed by atoms with Gasteiger partial charge in [-0.1, -0.05) is 0 Å². The fraction of sp³-hybridized carbons (Fsp3) is 0.0714. The van der Waals surface area contributed by atoms with Crippen LogP contribution < -0.4 is 11.1 Å². The maximum atomic E-state index is 13.1. The summed E-state index contributed by atoms with van der Waals surface area (Å²) in [5.41, 5.74) is 9.94. The summed E-state index contributed by atoms with van der Waals surface area (Å²) in [5.74, 6) is -0.250. The minimum atomic E-state index is -0.250. The first-order valence-electron chi connectivity index (χ1n) is 5.89. The van der Waals surface area contributed by atoms with Crippen LogP contribution in [0.15, 0.2) is 36.5 Å². The number of nitrogens with one attached hydrogen (secondary N) is 2. The predicted octanol–water partition coefficient (Wildman–Crippen LogP) is 3.34. The van der Waals surface area contributed by atoms with Crippen LogP contribution in [0.4, 0.5) is 21.5 Å². The topological polar surface area (TPSA) is 66.7 Å². The number of halogens is 1. The Morgan fingerprint density at radius 3 is 2.84 bits per heavy atom. The summed E-state index contributed by atoms with van der Waals surface area (Å²) in [6.45, 7) is 1.84. The Hall–Kier alpha value is -2.56. The number of nitrogens with zero attached hydrogens (tertiary/aromatic N) is 1. The molecule has 0 spiro atoms. The average molecular weight is 256 g/mol. The summed E-state index contributed by atoms with van der Waals surface area (Å²) in [6, 6.07) is 8.33. The van der Waals surface area contributed by atoms with E-state index in [1.54, 1.807) is 12.3 Å². The summed E-state index contributed by atoms with van der Waals surface area (Å²) in [5, 5.41) is 11.0. The van der Waals surface area contributed by atoms with E-state index >= 15 is 0 Å². The number of aromatic amines is 1. The Kier molecular flexibility index (Phi) is 2.59. The molecule has 0 saturated heterocycles. The third-order valence-electron chi connectivity index (χ3n) is 3.07. The Morgan fingerprint density at radius 2 is 2.05 bits per heavy atom. The molecule has 5 heteroatoms. The number of aromatic nitrogens is 2. The quantitative estimate of drug-likeness (QED) is 0.616. The van der Waals surface area contributed by atoms with Crippen LogP contribution in [0.5, 0.6) is 0 Å². The molecule has 96 valence electrons. The van der Waals surface area contributed by atoms with Gasteiger partial charge in [0.1, 0.15) is 5.82 Å². The van der Waals surface area contributed by atoms with Crippen LogP contribution in [0.25, 0.3) is 10.9 Å². The average Bonchev–Trinajstić information content (AvgIpc) is 2.80. The fourth-order valence-electron chi connectivity index (χ4n) is 2.03. The number of rotatable bonds is 2. The first kappa shape index (κ1) is 11.5. The summed E-state index contributed by atoms with van der Waals surface area (Å²) in [6.07, 6.45) is 1.72. The van der Waals surface area contributed by atoms with Crippen molar-refractivity contribution in [1.29, 1.82) is 0 Å². The smallest absolute Gasteiger partial charge is 0.123 e. The Labute approximate surface area is 109 Å². The number of benzene rings is 2. The molecule has 0 unspecified atom stereocenters. The molecule has 19 heavy (non-hydrogen) atoms. The first-order chi connectivity index (χ1) is 9.13. The number of anilines is 3. The molecular formula is C14H13FN4. The van der Waals surface area contributed by atoms with E-state index in [1.165, 1.54) is 12.1 Å². The monoisotopic (exact) mass is 256 g/mol. The molecule has 0 bridgehead atoms. The van der Waals surface area contributed by atoms with Crippen LogP contribution in [0.3, 0.4) is 0 Å². The van der Waals surface area contributed by atoms with Gasteiger partial charge >= 0.3 is 0 Å². The fourth-order valence-corrected chi connectivity index (χ4v) is 2.03. The van der Waals surface area contributed by atoms with Crippen molar-refractivity contribution in [2.45, 2.75) is 6.92 Å². The highest BCUT2D eigenvalue weighted by Gasteiger charge is 2.06. The van der Waals surface area contributed by atoms with Crippen LogP contribution in [0.2, 0.25) is 0 Å². The molecule has 1 aromatic heterocycles. The van der Waals surface area contributed by atoms with Gasteiger partial charge in [-0.3, -0.25) is 5.10 Å². The molecule has 2 aromatic carbocycles. The van der Waals surface area contributed by atoms with Crippen LogP contribution in [-0.4, -0.2) is 10.2 Å². The second kappa shape index (κ2) is 4.28. The maximum Gasteiger partial charge on any atom is 0.123 e. The molecule has 0 saturated carbocycles. The van der Waals surface area contributed by atoms with Gasteiger partial charge < -0.3 is 11.1 Å². The zero-order valence-electron chi connectivity index (χ0n) is 10.4. The third-order valence-corrected chi connectivity index (χ3v) is 3.07. The van der Waals surface area contributed by atoms with Crippen LogP contribution in [-0.2, 0) is 0 Å². The lowest BCUT2D eigenvalue weighted by Crippen LogP contribution is -1.98. The normalized spacial score (nSPS) is 10.8. The van der Waals surface area contributed by atoms with Crippen molar-refractivity contribution in [3.05, 3.63) is 47.9 Å². The molecule has 0 aliphatic rings. The van der Waals surface area contributed by atoms with Gasteiger partial charge in [0.25, 0.3) is 0 Å². The van der Waals surface area contributed by atoms with Crippen molar-refractivity contribution < 1.29 is 4.39 Å². The number of hydrogen-bond acceptors (Lipinski definition) is 3. The number of aryl methyl sites for hydroxylation is 1. The van der Waals surface area contributed by atoms with Gasteiger partial charge in [0.15, 0.2) is 0 Å². The van der Waals surface area contributed by atoms with E-state index in [4.69, 9.17) is 5.73 Å². The lowest BCUT2D eigenvalue weighted by molar-refractivity contribution is 0.627. The Bertz CT molecular complexity index is 748. The van der Waals surface area contributed by atoms with Crippen molar-refractivity contribution in [3.8, 4) is 0 Å². The number of nitrogens with two attached hydrogens (primary N) is 1. The van der Waals surface area contributed by atoms with E-state index in [2.05, 4.69) is 15.5 Å². The minimum absolute atomic E-state index is 0.250. The highest BCUT2D eigenvalue weighted by molar-refractivity contribution is 5.90. The van der Waals surface area contributed by atoms with Gasteiger partial charge in [0.05, 0.1) is 23.1 Å². The first-order valence-corrected chi connectivity index (χ1v) is 5.89. The van der Waals surface area contributed by atoms with E-state index < -0.39 is 0 Å². The maximum absolute atomic E-state index is 13.1. The molecule has 1 heterocycles. The molecule has 0 radical (unpaired) electrons. The van der Waals surface area contributed by atoms with Crippen LogP contribution in [0.1, 0.15) is 5.56 Å². The highest BCUT2D eigenvalue weighted by atomic mass is 19.1. The molecule has 3 rings (SSSR count). The predicted molar refractivity (Wildman–Crippen MR) is 74.9 cm³/mol. The summed E-state index contributed by atoms with van der Waals surface area (Å²) >= 11 is 0. The van der Waals surface area contributed by atoms with E-state index in [9.17, 15) is 4.39 Å². The van der Waals surface area contributed by atoms with E-state index in [0.717, 1.165) is 27.8 Å². The van der Waals surface area contributed by atoms with Crippen molar-refractivity contribution >= 4 is 28.0 Å². The number of nitrogen functional groups attached to an aromatic ring is 1. The molecule has 0 atom stereocenters. The van der Waals surface area contributed by atoms with Crippen LogP contribution in [0, 0.1) is 12.7 Å². The zero-order chi connectivity index (χ0) is 13.4. The van der Waals surface area contributed by atoms with Crippen LogP contribution >= 0.6 is 0 Å². The van der Waals surface area contributed by atoms with Gasteiger partial charge in [-0.15, -0.1) is 0 Å². The number of hydrogen-bond donors (Lipinski definition) is 3. The lowest BCUT2D eigenvalue weighted by atomic mass is 10.1. The molecular weight excluding hydrogens is 243 g/mol. The second-order valence-electron chi connectivity index (χ2n) is 4.48. The summed E-state index contributed by atoms with van der Waals surface area (Å²) in [4.78, 5) is 0. The third kappa shape index (κ3) is 2.10. The minimum Gasteiger partial charge on any atom is -0.397 e. The summed E-state index contributed by atoms with van der Waals surface area (Å²) < 4.78 is 13.1. The molecule has 0 fully saturated rings. The van der Waals surface area contributed by atoms with Gasteiger partial charge in [-0.25, -0.2) is 4.39 Å². The standard InChI is InChI=1S/C14H13FN4/c1-8-4-10(15)2-3-12(8)18-14-6-13-9(5-11(14)16)7-17-19-13/h2-7,18H,16H2,1H3,(H,17,19). The lowest BCUT2D eigenvalue weighted by Gasteiger charge is -2.12. The Balaban J connectivity index is 2.02. The molecule has 0 amide bonds. The number of H-pyrrole nitrogens is 1. The largest absolute Gasteiger partial charge is 0.397 e.